The molecule has 3 N–H and O–H groups in total. The molecule has 2 aromatic rings. The fraction of sp³-hybridized carbons (Fsp3) is 0. The van der Waals surface area contributed by atoms with Crippen molar-refractivity contribution in [2.75, 3.05) is 11.1 Å². The highest BCUT2D eigenvalue weighted by molar-refractivity contribution is 14.1. The third-order valence-corrected chi connectivity index (χ3v) is 2.34. The van der Waals surface area contributed by atoms with Crippen LogP contribution in [0.1, 0.15) is 0 Å². The van der Waals surface area contributed by atoms with Crippen molar-refractivity contribution in [2.45, 2.75) is 0 Å². The minimum absolute atomic E-state index is 0.584. The molecular weight excluding hydrogens is 303 g/mol. The van der Waals surface area contributed by atoms with Crippen molar-refractivity contribution in [3.05, 3.63) is 40.2 Å². The van der Waals surface area contributed by atoms with Crippen molar-refractivity contribution in [2.24, 2.45) is 0 Å². The number of nitrogens with one attached hydrogen (secondary N) is 1. The first-order valence-electron chi connectivity index (χ1n) is 4.34. The molecule has 1 aromatic carbocycles. The third kappa shape index (κ3) is 2.79. The molecule has 0 amide bonds. The highest BCUT2D eigenvalue weighted by Gasteiger charge is 1.96. The first-order chi connectivity index (χ1) is 7.24. The average Bonchev–Trinajstić information content (AvgIpc) is 2.25. The van der Waals surface area contributed by atoms with Gasteiger partial charge in [0.15, 0.2) is 0 Å². The van der Waals surface area contributed by atoms with Crippen molar-refractivity contribution in [3.63, 3.8) is 0 Å². The summed E-state index contributed by atoms with van der Waals surface area (Å²) >= 11 is 2.16. The summed E-state index contributed by atoms with van der Waals surface area (Å²) in [7, 11) is 0. The van der Waals surface area contributed by atoms with E-state index in [1.54, 1.807) is 12.4 Å². The molecule has 0 saturated heterocycles. The molecule has 5 heteroatoms. The lowest BCUT2D eigenvalue weighted by Gasteiger charge is -2.04. The highest BCUT2D eigenvalue weighted by Crippen LogP contribution is 2.14. The first-order valence-corrected chi connectivity index (χ1v) is 5.42. The quantitative estimate of drug-likeness (QED) is 0.660. The summed E-state index contributed by atoms with van der Waals surface area (Å²) in [5.41, 5.74) is 7.24. The van der Waals surface area contributed by atoms with E-state index in [1.165, 1.54) is 0 Å². The number of aromatic nitrogens is 2. The fourth-order valence-electron chi connectivity index (χ4n) is 1.07. The van der Waals surface area contributed by atoms with Crippen molar-refractivity contribution >= 4 is 39.9 Å². The van der Waals surface area contributed by atoms with Gasteiger partial charge in [-0.3, -0.25) is 0 Å². The van der Waals surface area contributed by atoms with Gasteiger partial charge in [-0.25, -0.2) is 9.97 Å². The lowest BCUT2D eigenvalue weighted by atomic mass is 10.3. The van der Waals surface area contributed by atoms with Crippen molar-refractivity contribution in [3.8, 4) is 0 Å². The SMILES string of the molecule is Nc1ccc(Nc2ncc(I)cn2)cc1. The van der Waals surface area contributed by atoms with Crippen LogP contribution in [-0.4, -0.2) is 9.97 Å². The minimum Gasteiger partial charge on any atom is -0.399 e. The summed E-state index contributed by atoms with van der Waals surface area (Å²) in [5.74, 6) is 0.584. The number of nitrogen functional groups attached to an aromatic ring is 1. The summed E-state index contributed by atoms with van der Waals surface area (Å²) in [6, 6.07) is 7.43. The number of anilines is 3. The van der Waals surface area contributed by atoms with Crippen LogP contribution in [0.5, 0.6) is 0 Å². The van der Waals surface area contributed by atoms with E-state index in [0.717, 1.165) is 14.9 Å². The van der Waals surface area contributed by atoms with Gasteiger partial charge >= 0.3 is 0 Å². The Kier molecular flexibility index (Phi) is 3.00. The molecule has 0 saturated carbocycles. The number of benzene rings is 1. The molecule has 0 bridgehead atoms. The Hall–Kier alpha value is -1.37. The van der Waals surface area contributed by atoms with E-state index in [9.17, 15) is 0 Å². The van der Waals surface area contributed by atoms with Crippen LogP contribution in [-0.2, 0) is 0 Å². The Balaban J connectivity index is 2.15. The minimum atomic E-state index is 0.584. The van der Waals surface area contributed by atoms with Gasteiger partial charge in [0, 0.05) is 27.3 Å². The number of halogens is 1. The third-order valence-electron chi connectivity index (χ3n) is 1.79. The lowest BCUT2D eigenvalue weighted by Crippen LogP contribution is -1.96. The average molecular weight is 312 g/mol. The highest BCUT2D eigenvalue weighted by atomic mass is 127. The summed E-state index contributed by atoms with van der Waals surface area (Å²) in [6.45, 7) is 0. The standard InChI is InChI=1S/C10H9IN4/c11-7-5-13-10(14-6-7)15-9-3-1-8(12)2-4-9/h1-6H,12H2,(H,13,14,15). The molecule has 15 heavy (non-hydrogen) atoms. The summed E-state index contributed by atoms with van der Waals surface area (Å²) in [4.78, 5) is 8.27. The predicted octanol–water partition coefficient (Wildman–Crippen LogP) is 2.41. The maximum atomic E-state index is 5.58. The molecule has 4 nitrogen and oxygen atoms in total. The Bertz CT molecular complexity index is 394. The van der Waals surface area contributed by atoms with Gasteiger partial charge < -0.3 is 11.1 Å². The van der Waals surface area contributed by atoms with Crippen LogP contribution in [0.15, 0.2) is 36.7 Å². The van der Waals surface area contributed by atoms with E-state index in [-0.39, 0.29) is 0 Å². The maximum Gasteiger partial charge on any atom is 0.227 e. The van der Waals surface area contributed by atoms with E-state index >= 15 is 0 Å². The number of nitrogens with zero attached hydrogens (tertiary/aromatic N) is 2. The van der Waals surface area contributed by atoms with Crippen LogP contribution in [0.4, 0.5) is 17.3 Å². The van der Waals surface area contributed by atoms with Crippen LogP contribution in [0.3, 0.4) is 0 Å². The largest absolute Gasteiger partial charge is 0.399 e. The topological polar surface area (TPSA) is 63.8 Å². The van der Waals surface area contributed by atoms with Gasteiger partial charge in [-0.05, 0) is 46.9 Å². The zero-order valence-corrected chi connectivity index (χ0v) is 9.97. The Morgan fingerprint density at radius 1 is 1.07 bits per heavy atom. The molecule has 0 aliphatic heterocycles. The second-order valence-electron chi connectivity index (χ2n) is 2.97. The van der Waals surface area contributed by atoms with Crippen LogP contribution >= 0.6 is 22.6 Å². The maximum absolute atomic E-state index is 5.58. The number of rotatable bonds is 2. The fourth-order valence-corrected chi connectivity index (χ4v) is 1.35. The van der Waals surface area contributed by atoms with Crippen LogP contribution < -0.4 is 11.1 Å². The smallest absolute Gasteiger partial charge is 0.227 e. The molecule has 0 fully saturated rings. The second-order valence-corrected chi connectivity index (χ2v) is 4.22. The van der Waals surface area contributed by atoms with Crippen molar-refractivity contribution in [1.29, 1.82) is 0 Å². The van der Waals surface area contributed by atoms with E-state index in [4.69, 9.17) is 5.73 Å². The molecule has 0 atom stereocenters. The zero-order valence-electron chi connectivity index (χ0n) is 7.81. The molecule has 0 aliphatic carbocycles. The molecule has 1 aromatic heterocycles. The van der Waals surface area contributed by atoms with Gasteiger partial charge in [0.05, 0.1) is 0 Å². The Morgan fingerprint density at radius 3 is 2.27 bits per heavy atom. The van der Waals surface area contributed by atoms with Crippen molar-refractivity contribution in [1.82, 2.24) is 9.97 Å². The van der Waals surface area contributed by atoms with Gasteiger partial charge in [-0.2, -0.15) is 0 Å². The number of hydrogen-bond donors (Lipinski definition) is 2. The van der Waals surface area contributed by atoms with Crippen LogP contribution in [0.25, 0.3) is 0 Å². The molecule has 0 aliphatic rings. The molecule has 2 rings (SSSR count). The van der Waals surface area contributed by atoms with E-state index in [0.29, 0.717) is 5.95 Å². The van der Waals surface area contributed by atoms with Gasteiger partial charge in [-0.15, -0.1) is 0 Å². The van der Waals surface area contributed by atoms with E-state index < -0.39 is 0 Å². The lowest BCUT2D eigenvalue weighted by molar-refractivity contribution is 1.15. The second kappa shape index (κ2) is 4.43. The van der Waals surface area contributed by atoms with Crippen molar-refractivity contribution < 1.29 is 0 Å². The first kappa shape index (κ1) is 10.2. The van der Waals surface area contributed by atoms with Gasteiger partial charge in [0.25, 0.3) is 0 Å². The Labute approximate surface area is 101 Å². The summed E-state index contributed by atoms with van der Waals surface area (Å²) < 4.78 is 1.01. The van der Waals surface area contributed by atoms with Crippen LogP contribution in [0.2, 0.25) is 0 Å². The normalized spacial score (nSPS) is 9.93. The van der Waals surface area contributed by atoms with Crippen LogP contribution in [0, 0.1) is 3.57 Å². The molecule has 0 unspecified atom stereocenters. The zero-order chi connectivity index (χ0) is 10.7. The summed E-state index contributed by atoms with van der Waals surface area (Å²) in [5, 5.41) is 3.08. The number of nitrogens with two attached hydrogens (primary N) is 1. The Morgan fingerprint density at radius 2 is 1.67 bits per heavy atom. The molecule has 0 spiro atoms. The van der Waals surface area contributed by atoms with E-state index in [2.05, 4.69) is 37.9 Å². The van der Waals surface area contributed by atoms with Gasteiger partial charge in [-0.1, -0.05) is 0 Å². The molecule has 76 valence electrons. The summed E-state index contributed by atoms with van der Waals surface area (Å²) in [6.07, 6.45) is 3.51. The molecule has 1 heterocycles. The van der Waals surface area contributed by atoms with E-state index in [1.807, 2.05) is 24.3 Å². The molecule has 0 radical (unpaired) electrons. The predicted molar refractivity (Wildman–Crippen MR) is 68.9 cm³/mol. The monoisotopic (exact) mass is 312 g/mol. The van der Waals surface area contributed by atoms with Gasteiger partial charge in [0.2, 0.25) is 5.95 Å². The number of hydrogen-bond acceptors (Lipinski definition) is 4. The van der Waals surface area contributed by atoms with Gasteiger partial charge in [0.1, 0.15) is 0 Å². The molecular formula is C10H9IN4.